The van der Waals surface area contributed by atoms with E-state index in [-0.39, 0.29) is 17.6 Å². The van der Waals surface area contributed by atoms with E-state index in [1.54, 1.807) is 0 Å². The zero-order valence-corrected chi connectivity index (χ0v) is 8.53. The monoisotopic (exact) mass is 291 g/mol. The van der Waals surface area contributed by atoms with Gasteiger partial charge < -0.3 is 0 Å². The van der Waals surface area contributed by atoms with Crippen LogP contribution in [-0.2, 0) is 0 Å². The second kappa shape index (κ2) is 3.63. The summed E-state index contributed by atoms with van der Waals surface area (Å²) in [4.78, 5) is 0. The third kappa shape index (κ3) is 1.79. The Morgan fingerprint density at radius 2 is 1.73 bits per heavy atom. The van der Waals surface area contributed by atoms with E-state index in [9.17, 15) is 13.2 Å². The molecule has 0 amide bonds. The maximum absolute atomic E-state index is 12.6. The molecule has 1 aromatic carbocycles. The van der Waals surface area contributed by atoms with Crippen molar-refractivity contribution >= 4 is 31.8 Å². The molecular weight excluding hydrogens is 287 g/mol. The molecule has 59 valence electrons. The molecule has 0 N–H and O–H groups in total. The van der Waals surface area contributed by atoms with Gasteiger partial charge in [-0.3, -0.25) is 0 Å². The van der Waals surface area contributed by atoms with Gasteiger partial charge in [0, 0.05) is 0 Å². The molecule has 0 aliphatic heterocycles. The van der Waals surface area contributed by atoms with Crippen molar-refractivity contribution in [2.45, 2.75) is 0 Å². The number of hydrogen-bond acceptors (Lipinski definition) is 0. The van der Waals surface area contributed by atoms with Crippen LogP contribution < -0.4 is 4.46 Å². The Morgan fingerprint density at radius 3 is 2.27 bits per heavy atom. The first-order valence-electron chi connectivity index (χ1n) is 2.60. The molecule has 0 nitrogen and oxygen atoms in total. The third-order valence-electron chi connectivity index (χ3n) is 1.09. The summed E-state index contributed by atoms with van der Waals surface area (Å²) >= 11 is 2.31. The van der Waals surface area contributed by atoms with Crippen molar-refractivity contribution < 1.29 is 13.2 Å². The van der Waals surface area contributed by atoms with E-state index < -0.39 is 17.5 Å². The topological polar surface area (TPSA) is 0 Å². The van der Waals surface area contributed by atoms with Crippen LogP contribution >= 0.6 is 0 Å². The fourth-order valence-electron chi connectivity index (χ4n) is 0.573. The molecule has 0 aromatic heterocycles. The van der Waals surface area contributed by atoms with Gasteiger partial charge in [-0.2, -0.15) is 0 Å². The molecule has 0 heterocycles. The zero-order valence-electron chi connectivity index (χ0n) is 5.11. The van der Waals surface area contributed by atoms with Crippen molar-refractivity contribution in [2.75, 3.05) is 0 Å². The van der Waals surface area contributed by atoms with Gasteiger partial charge in [0.25, 0.3) is 0 Å². The second-order valence-corrected chi connectivity index (χ2v) is 4.85. The molecule has 1 radical (unpaired) electrons. The summed E-state index contributed by atoms with van der Waals surface area (Å²) in [6.07, 6.45) is 0. The van der Waals surface area contributed by atoms with Gasteiger partial charge in [0.15, 0.2) is 0 Å². The van der Waals surface area contributed by atoms with Gasteiger partial charge in [0.1, 0.15) is 0 Å². The molecule has 0 bridgehead atoms. The van der Waals surface area contributed by atoms with E-state index in [4.69, 9.17) is 0 Å². The Hall–Kier alpha value is 0.0490. The fourth-order valence-corrected chi connectivity index (χ4v) is 2.58. The first-order chi connectivity index (χ1) is 5.16. The van der Waals surface area contributed by atoms with Gasteiger partial charge in [0.2, 0.25) is 0 Å². The predicted octanol–water partition coefficient (Wildman–Crippen LogP) is 0.517. The van der Waals surface area contributed by atoms with Crippen LogP contribution in [0.3, 0.4) is 0 Å². The van der Waals surface area contributed by atoms with Crippen LogP contribution in [0.1, 0.15) is 0 Å². The van der Waals surface area contributed by atoms with Gasteiger partial charge in [-0.05, 0) is 0 Å². The molecule has 1 aromatic rings. The van der Waals surface area contributed by atoms with Crippen LogP contribution in [0, 0.1) is 17.5 Å². The SMILES string of the molecule is Fc1ccc([Se][Se])c(F)c1F. The predicted molar refractivity (Wildman–Crippen MR) is 37.5 cm³/mol. The first-order valence-corrected chi connectivity index (χ1v) is 7.79. The summed E-state index contributed by atoms with van der Waals surface area (Å²) in [6.45, 7) is 0. The zero-order chi connectivity index (χ0) is 8.43. The standard InChI is InChI=1S/C6H2F3Se2/c7-3-1-2-4(11-10)6(9)5(3)8/h1-2H. The van der Waals surface area contributed by atoms with Crippen LogP contribution in [0.4, 0.5) is 13.2 Å². The van der Waals surface area contributed by atoms with Crippen LogP contribution in [-0.4, -0.2) is 27.3 Å². The van der Waals surface area contributed by atoms with Crippen molar-refractivity contribution in [2.24, 2.45) is 0 Å². The Labute approximate surface area is 74.7 Å². The van der Waals surface area contributed by atoms with Crippen molar-refractivity contribution in [1.82, 2.24) is 0 Å². The molecule has 1 rings (SSSR count). The average molecular weight is 289 g/mol. The fraction of sp³-hybridized carbons (Fsp3) is 0. The molecule has 0 saturated carbocycles. The molecule has 0 aliphatic carbocycles. The van der Waals surface area contributed by atoms with Crippen LogP contribution in [0.2, 0.25) is 0 Å². The number of benzene rings is 1. The molecule has 5 heteroatoms. The Bertz CT molecular complexity index is 275. The van der Waals surface area contributed by atoms with E-state index >= 15 is 0 Å². The summed E-state index contributed by atoms with van der Waals surface area (Å²) < 4.78 is 37.6. The van der Waals surface area contributed by atoms with Crippen molar-refractivity contribution in [3.63, 3.8) is 0 Å². The maximum atomic E-state index is 12.6. The minimum absolute atomic E-state index is 0.205. The number of rotatable bonds is 1. The van der Waals surface area contributed by atoms with Crippen LogP contribution in [0.15, 0.2) is 12.1 Å². The van der Waals surface area contributed by atoms with E-state index in [0.717, 1.165) is 6.07 Å². The van der Waals surface area contributed by atoms with E-state index in [1.165, 1.54) is 6.07 Å². The Balaban J connectivity index is 3.25. The van der Waals surface area contributed by atoms with Gasteiger partial charge in [-0.1, -0.05) is 0 Å². The molecular formula is C6H2F3Se2. The second-order valence-electron chi connectivity index (χ2n) is 1.76. The Kier molecular flexibility index (Phi) is 3.02. The van der Waals surface area contributed by atoms with E-state index in [1.807, 2.05) is 0 Å². The first kappa shape index (κ1) is 9.14. The number of halogens is 3. The third-order valence-corrected chi connectivity index (χ3v) is 4.09. The quantitative estimate of drug-likeness (QED) is 0.522. The van der Waals surface area contributed by atoms with Crippen LogP contribution in [0.5, 0.6) is 0 Å². The summed E-state index contributed by atoms with van der Waals surface area (Å²) in [5, 5.41) is 0. The van der Waals surface area contributed by atoms with Gasteiger partial charge in [-0.25, -0.2) is 0 Å². The molecule has 0 saturated heterocycles. The van der Waals surface area contributed by atoms with Crippen LogP contribution in [0.25, 0.3) is 0 Å². The Morgan fingerprint density at radius 1 is 1.09 bits per heavy atom. The summed E-state index contributed by atoms with van der Waals surface area (Å²) in [5.41, 5.74) is 0. The molecule has 0 spiro atoms. The van der Waals surface area contributed by atoms with E-state index in [2.05, 4.69) is 14.2 Å². The van der Waals surface area contributed by atoms with Crippen molar-refractivity contribution in [3.8, 4) is 0 Å². The normalized spacial score (nSPS) is 10.2. The summed E-state index contributed by atoms with van der Waals surface area (Å²) in [6, 6.07) is 2.16. The molecule has 0 atom stereocenters. The minimum atomic E-state index is -1.39. The summed E-state index contributed by atoms with van der Waals surface area (Å²) in [5.74, 6) is -3.61. The number of hydrogen-bond donors (Lipinski definition) is 0. The van der Waals surface area contributed by atoms with Gasteiger partial charge >= 0.3 is 74.5 Å². The van der Waals surface area contributed by atoms with Gasteiger partial charge in [0.05, 0.1) is 0 Å². The molecule has 11 heavy (non-hydrogen) atoms. The van der Waals surface area contributed by atoms with E-state index in [0.29, 0.717) is 0 Å². The molecule has 0 fully saturated rings. The van der Waals surface area contributed by atoms with Crippen molar-refractivity contribution in [3.05, 3.63) is 29.6 Å². The molecule has 0 unspecified atom stereocenters. The van der Waals surface area contributed by atoms with Crippen molar-refractivity contribution in [1.29, 1.82) is 0 Å². The molecule has 0 aliphatic rings. The average Bonchev–Trinajstić information content (AvgIpc) is 2.01. The summed E-state index contributed by atoms with van der Waals surface area (Å²) in [7, 11) is 0. The van der Waals surface area contributed by atoms with Gasteiger partial charge in [-0.15, -0.1) is 0 Å².